The third-order valence-electron chi connectivity index (χ3n) is 4.47. The normalized spacial score (nSPS) is 11.0. The molecule has 0 saturated heterocycles. The highest BCUT2D eigenvalue weighted by Gasteiger charge is 2.25. The van der Waals surface area contributed by atoms with E-state index in [2.05, 4.69) is 0 Å². The minimum Gasteiger partial charge on any atom is -0.466 e. The van der Waals surface area contributed by atoms with Gasteiger partial charge in [-0.15, -0.1) is 0 Å². The lowest BCUT2D eigenvalue weighted by atomic mass is 9.96. The van der Waals surface area contributed by atoms with E-state index in [-0.39, 0.29) is 17.9 Å². The Morgan fingerprint density at radius 2 is 1.54 bits per heavy atom. The van der Waals surface area contributed by atoms with E-state index >= 15 is 0 Å². The van der Waals surface area contributed by atoms with Crippen molar-refractivity contribution in [1.82, 2.24) is 4.90 Å². The van der Waals surface area contributed by atoms with E-state index in [1.54, 1.807) is 19.1 Å². The maximum absolute atomic E-state index is 12.9. The van der Waals surface area contributed by atoms with Crippen LogP contribution in [0.25, 0.3) is 0 Å². The van der Waals surface area contributed by atoms with E-state index in [9.17, 15) is 9.59 Å². The molecule has 2 rings (SSSR count). The van der Waals surface area contributed by atoms with Crippen LogP contribution in [0.3, 0.4) is 0 Å². The summed E-state index contributed by atoms with van der Waals surface area (Å²) in [6, 6.07) is 19.9. The van der Waals surface area contributed by atoms with Crippen LogP contribution in [0.5, 0.6) is 0 Å². The average molecular weight is 380 g/mol. The molecule has 4 heteroatoms. The molecule has 1 amide bonds. The zero-order chi connectivity index (χ0) is 20.2. The van der Waals surface area contributed by atoms with Crippen LogP contribution in [-0.2, 0) is 14.3 Å². The summed E-state index contributed by atoms with van der Waals surface area (Å²) < 4.78 is 4.99. The van der Waals surface area contributed by atoms with Gasteiger partial charge in [-0.05, 0) is 43.9 Å². The molecule has 0 aliphatic rings. The van der Waals surface area contributed by atoms with Crippen molar-refractivity contribution in [2.45, 2.75) is 39.2 Å². The van der Waals surface area contributed by atoms with Crippen molar-refractivity contribution in [3.63, 3.8) is 0 Å². The SMILES string of the molecule is C/C=C/C(=O)N(CCCCC(=O)OCC)C(c1ccccc1)c1ccccc1. The van der Waals surface area contributed by atoms with Gasteiger partial charge in [0.1, 0.15) is 0 Å². The van der Waals surface area contributed by atoms with Gasteiger partial charge in [0, 0.05) is 13.0 Å². The first kappa shape index (κ1) is 21.4. The molecule has 0 aliphatic carbocycles. The van der Waals surface area contributed by atoms with Crippen molar-refractivity contribution in [1.29, 1.82) is 0 Å². The van der Waals surface area contributed by atoms with E-state index in [0.29, 0.717) is 26.0 Å². The van der Waals surface area contributed by atoms with Gasteiger partial charge in [0.2, 0.25) is 5.91 Å². The molecule has 0 saturated carbocycles. The van der Waals surface area contributed by atoms with Crippen molar-refractivity contribution in [3.8, 4) is 0 Å². The van der Waals surface area contributed by atoms with E-state index < -0.39 is 0 Å². The van der Waals surface area contributed by atoms with E-state index in [1.165, 1.54) is 0 Å². The molecule has 0 bridgehead atoms. The number of nitrogens with zero attached hydrogens (tertiary/aromatic N) is 1. The highest BCUT2D eigenvalue weighted by atomic mass is 16.5. The van der Waals surface area contributed by atoms with Gasteiger partial charge in [-0.25, -0.2) is 0 Å². The molecule has 0 atom stereocenters. The number of allylic oxidation sites excluding steroid dienone is 1. The summed E-state index contributed by atoms with van der Waals surface area (Å²) in [7, 11) is 0. The molecular weight excluding hydrogens is 350 g/mol. The van der Waals surface area contributed by atoms with E-state index in [0.717, 1.165) is 17.5 Å². The van der Waals surface area contributed by atoms with Crippen molar-refractivity contribution in [3.05, 3.63) is 83.9 Å². The predicted octanol–water partition coefficient (Wildman–Crippen LogP) is 4.91. The van der Waals surface area contributed by atoms with Gasteiger partial charge in [-0.3, -0.25) is 9.59 Å². The number of benzene rings is 2. The van der Waals surface area contributed by atoms with Crippen LogP contribution in [0.4, 0.5) is 0 Å². The molecular formula is C24H29NO3. The largest absolute Gasteiger partial charge is 0.466 e. The molecule has 28 heavy (non-hydrogen) atoms. The molecule has 0 radical (unpaired) electrons. The lowest BCUT2D eigenvalue weighted by Crippen LogP contribution is -2.35. The van der Waals surface area contributed by atoms with Crippen LogP contribution >= 0.6 is 0 Å². The zero-order valence-electron chi connectivity index (χ0n) is 16.7. The van der Waals surface area contributed by atoms with Crippen LogP contribution in [0.1, 0.15) is 50.3 Å². The molecule has 0 unspecified atom stereocenters. The quantitative estimate of drug-likeness (QED) is 0.335. The molecule has 0 heterocycles. The smallest absolute Gasteiger partial charge is 0.305 e. The van der Waals surface area contributed by atoms with Gasteiger partial charge >= 0.3 is 5.97 Å². The van der Waals surface area contributed by atoms with E-state index in [4.69, 9.17) is 4.74 Å². The number of unbranched alkanes of at least 4 members (excludes halogenated alkanes) is 1. The number of esters is 1. The Bertz CT molecular complexity index is 716. The second-order valence-corrected chi connectivity index (χ2v) is 6.52. The summed E-state index contributed by atoms with van der Waals surface area (Å²) in [4.78, 5) is 26.4. The lowest BCUT2D eigenvalue weighted by molar-refractivity contribution is -0.143. The molecule has 0 N–H and O–H groups in total. The van der Waals surface area contributed by atoms with Crippen LogP contribution in [-0.4, -0.2) is 29.9 Å². The fourth-order valence-corrected chi connectivity index (χ4v) is 3.21. The molecule has 4 nitrogen and oxygen atoms in total. The summed E-state index contributed by atoms with van der Waals surface area (Å²) in [5, 5.41) is 0. The third-order valence-corrected chi connectivity index (χ3v) is 4.47. The Kier molecular flexibility index (Phi) is 8.99. The number of amides is 1. The van der Waals surface area contributed by atoms with Gasteiger partial charge in [0.05, 0.1) is 12.6 Å². The van der Waals surface area contributed by atoms with E-state index in [1.807, 2.05) is 72.5 Å². The van der Waals surface area contributed by atoms with Crippen LogP contribution in [0.15, 0.2) is 72.8 Å². The van der Waals surface area contributed by atoms with Crippen molar-refractivity contribution >= 4 is 11.9 Å². The standard InChI is InChI=1S/C24H29NO3/c1-3-13-22(26)25(19-12-11-18-23(27)28-4-2)24(20-14-7-5-8-15-20)21-16-9-6-10-17-21/h3,5-10,13-17,24H,4,11-12,18-19H2,1-2H3/b13-3+. The maximum atomic E-state index is 12.9. The number of hydrogen-bond acceptors (Lipinski definition) is 3. The van der Waals surface area contributed by atoms with Gasteiger partial charge in [-0.2, -0.15) is 0 Å². The van der Waals surface area contributed by atoms with Gasteiger partial charge < -0.3 is 9.64 Å². The average Bonchev–Trinajstić information content (AvgIpc) is 2.72. The summed E-state index contributed by atoms with van der Waals surface area (Å²) in [6.45, 7) is 4.61. The number of hydrogen-bond donors (Lipinski definition) is 0. The molecule has 2 aromatic carbocycles. The Morgan fingerprint density at radius 3 is 2.04 bits per heavy atom. The second-order valence-electron chi connectivity index (χ2n) is 6.52. The first-order valence-corrected chi connectivity index (χ1v) is 9.86. The number of carbonyl (C=O) groups is 2. The monoisotopic (exact) mass is 379 g/mol. The number of carbonyl (C=O) groups excluding carboxylic acids is 2. The fourth-order valence-electron chi connectivity index (χ4n) is 3.21. The molecule has 0 aromatic heterocycles. The van der Waals surface area contributed by atoms with Crippen molar-refractivity contribution in [2.75, 3.05) is 13.2 Å². The van der Waals surface area contributed by atoms with Crippen LogP contribution < -0.4 is 0 Å². The minimum absolute atomic E-state index is 0.0312. The Labute approximate surface area is 167 Å². The predicted molar refractivity (Wildman–Crippen MR) is 112 cm³/mol. The fraction of sp³-hybridized carbons (Fsp3) is 0.333. The molecule has 0 aliphatic heterocycles. The highest BCUT2D eigenvalue weighted by molar-refractivity contribution is 5.88. The first-order chi connectivity index (χ1) is 13.7. The third kappa shape index (κ3) is 6.38. The minimum atomic E-state index is -0.184. The van der Waals surface area contributed by atoms with Crippen LogP contribution in [0, 0.1) is 0 Å². The van der Waals surface area contributed by atoms with Gasteiger partial charge in [0.15, 0.2) is 0 Å². The number of rotatable bonds is 10. The highest BCUT2D eigenvalue weighted by Crippen LogP contribution is 2.29. The van der Waals surface area contributed by atoms with Gasteiger partial charge in [0.25, 0.3) is 0 Å². The zero-order valence-corrected chi connectivity index (χ0v) is 16.7. The number of ether oxygens (including phenoxy) is 1. The summed E-state index contributed by atoms with van der Waals surface area (Å²) in [6.07, 6.45) is 5.17. The van der Waals surface area contributed by atoms with Crippen molar-refractivity contribution < 1.29 is 14.3 Å². The molecule has 0 fully saturated rings. The van der Waals surface area contributed by atoms with Gasteiger partial charge in [-0.1, -0.05) is 66.7 Å². The Morgan fingerprint density at radius 1 is 0.964 bits per heavy atom. The summed E-state index contributed by atoms with van der Waals surface area (Å²) in [5.41, 5.74) is 2.13. The topological polar surface area (TPSA) is 46.6 Å². The first-order valence-electron chi connectivity index (χ1n) is 9.86. The summed E-state index contributed by atoms with van der Waals surface area (Å²) in [5.74, 6) is -0.215. The summed E-state index contributed by atoms with van der Waals surface area (Å²) >= 11 is 0. The maximum Gasteiger partial charge on any atom is 0.305 e. The molecule has 2 aromatic rings. The Balaban J connectivity index is 2.24. The second kappa shape index (κ2) is 11.8. The molecule has 148 valence electrons. The van der Waals surface area contributed by atoms with Crippen LogP contribution in [0.2, 0.25) is 0 Å². The van der Waals surface area contributed by atoms with Crippen molar-refractivity contribution in [2.24, 2.45) is 0 Å². The molecule has 0 spiro atoms. The Hall–Kier alpha value is -2.88. The lowest BCUT2D eigenvalue weighted by Gasteiger charge is -2.32.